The van der Waals surface area contributed by atoms with E-state index in [2.05, 4.69) is 21.0 Å². The average Bonchev–Trinajstić information content (AvgIpc) is 3.20. The Hall–Kier alpha value is -2.64. The van der Waals surface area contributed by atoms with Crippen LogP contribution in [0.2, 0.25) is 0 Å². The number of hydrogen-bond donors (Lipinski definition) is 0. The Morgan fingerprint density at radius 3 is 2.37 bits per heavy atom. The molecule has 7 heteroatoms. The summed E-state index contributed by atoms with van der Waals surface area (Å²) in [6.45, 7) is 1.79. The molecule has 0 aromatic heterocycles. The summed E-state index contributed by atoms with van der Waals surface area (Å²) in [5.41, 5.74) is 3.08. The SMILES string of the molecule is COc1ccccc1[C@H]1CC(c2ccc(Br)cc2)=NN1S(=O)(=O)c1ccccc1C. The Kier molecular flexibility index (Phi) is 5.66. The molecule has 0 saturated carbocycles. The summed E-state index contributed by atoms with van der Waals surface area (Å²) in [6, 6.07) is 21.7. The fourth-order valence-corrected chi connectivity index (χ4v) is 5.57. The van der Waals surface area contributed by atoms with E-state index in [1.54, 1.807) is 32.2 Å². The summed E-state index contributed by atoms with van der Waals surface area (Å²) < 4.78 is 35.0. The van der Waals surface area contributed by atoms with Crippen LogP contribution in [0.25, 0.3) is 0 Å². The molecule has 0 aliphatic carbocycles. The smallest absolute Gasteiger partial charge is 0.279 e. The van der Waals surface area contributed by atoms with Gasteiger partial charge in [0.25, 0.3) is 10.0 Å². The van der Waals surface area contributed by atoms with E-state index in [4.69, 9.17) is 4.74 Å². The molecule has 3 aromatic rings. The zero-order valence-electron chi connectivity index (χ0n) is 16.6. The highest BCUT2D eigenvalue weighted by Crippen LogP contribution is 2.41. The first kappa shape index (κ1) is 20.6. The number of ether oxygens (including phenoxy) is 1. The predicted octanol–water partition coefficient (Wildman–Crippen LogP) is 5.31. The van der Waals surface area contributed by atoms with Crippen molar-refractivity contribution in [2.75, 3.05) is 7.11 Å². The lowest BCUT2D eigenvalue weighted by Gasteiger charge is -2.25. The molecule has 1 atom stereocenters. The van der Waals surface area contributed by atoms with Crippen LogP contribution < -0.4 is 4.74 Å². The standard InChI is InChI=1S/C23H21BrN2O3S/c1-16-7-3-6-10-23(16)30(27,28)26-21(19-8-4-5-9-22(19)29-2)15-20(25-26)17-11-13-18(24)14-12-17/h3-14,21H,15H2,1-2H3/t21-/m1/s1. The Bertz CT molecular complexity index is 1210. The van der Waals surface area contributed by atoms with E-state index in [0.717, 1.165) is 21.3 Å². The van der Waals surface area contributed by atoms with Crippen molar-refractivity contribution in [3.8, 4) is 5.75 Å². The van der Waals surface area contributed by atoms with E-state index in [1.807, 2.05) is 54.6 Å². The van der Waals surface area contributed by atoms with Gasteiger partial charge >= 0.3 is 0 Å². The highest BCUT2D eigenvalue weighted by atomic mass is 79.9. The van der Waals surface area contributed by atoms with Crippen LogP contribution in [0.15, 0.2) is 87.3 Å². The molecule has 0 N–H and O–H groups in total. The molecule has 1 aliphatic rings. The second-order valence-electron chi connectivity index (χ2n) is 7.06. The van der Waals surface area contributed by atoms with Gasteiger partial charge in [0.2, 0.25) is 0 Å². The first-order chi connectivity index (χ1) is 14.4. The van der Waals surface area contributed by atoms with Gasteiger partial charge in [0, 0.05) is 16.5 Å². The molecule has 4 rings (SSSR count). The Morgan fingerprint density at radius 1 is 1.00 bits per heavy atom. The molecule has 0 bridgehead atoms. The minimum absolute atomic E-state index is 0.255. The number of hydrazone groups is 1. The third kappa shape index (κ3) is 3.75. The molecular weight excluding hydrogens is 464 g/mol. The van der Waals surface area contributed by atoms with Crippen molar-refractivity contribution in [2.45, 2.75) is 24.3 Å². The molecule has 0 saturated heterocycles. The molecule has 0 unspecified atom stereocenters. The summed E-state index contributed by atoms with van der Waals surface area (Å²) in [5.74, 6) is 0.639. The van der Waals surface area contributed by atoms with Gasteiger partial charge in [-0.25, -0.2) is 0 Å². The Labute approximate surface area is 185 Å². The van der Waals surface area contributed by atoms with Crippen molar-refractivity contribution in [1.29, 1.82) is 0 Å². The fourth-order valence-electron chi connectivity index (χ4n) is 3.65. The lowest BCUT2D eigenvalue weighted by Crippen LogP contribution is -2.28. The summed E-state index contributed by atoms with van der Waals surface area (Å²) in [6.07, 6.45) is 0.452. The second-order valence-corrected chi connectivity index (χ2v) is 9.74. The number of hydrogen-bond acceptors (Lipinski definition) is 4. The van der Waals surface area contributed by atoms with Gasteiger partial charge < -0.3 is 4.74 Å². The topological polar surface area (TPSA) is 59.0 Å². The first-order valence-corrected chi connectivity index (χ1v) is 11.7. The average molecular weight is 485 g/mol. The van der Waals surface area contributed by atoms with Crippen molar-refractivity contribution < 1.29 is 13.2 Å². The quantitative estimate of drug-likeness (QED) is 0.493. The van der Waals surface area contributed by atoms with Crippen LogP contribution in [0.4, 0.5) is 0 Å². The van der Waals surface area contributed by atoms with E-state index in [1.165, 1.54) is 4.41 Å². The van der Waals surface area contributed by atoms with Crippen LogP contribution >= 0.6 is 15.9 Å². The van der Waals surface area contributed by atoms with E-state index in [9.17, 15) is 8.42 Å². The number of para-hydroxylation sites is 1. The number of rotatable bonds is 5. The summed E-state index contributed by atoms with van der Waals surface area (Å²) in [7, 11) is -2.27. The number of aryl methyl sites for hydroxylation is 1. The van der Waals surface area contributed by atoms with Gasteiger partial charge in [-0.3, -0.25) is 0 Å². The molecular formula is C23H21BrN2O3S. The van der Waals surface area contributed by atoms with Gasteiger partial charge in [-0.05, 0) is 42.3 Å². The minimum Gasteiger partial charge on any atom is -0.496 e. The van der Waals surface area contributed by atoms with Crippen LogP contribution in [0.1, 0.15) is 29.2 Å². The molecule has 0 amide bonds. The molecule has 1 heterocycles. The van der Waals surface area contributed by atoms with E-state index in [0.29, 0.717) is 17.7 Å². The molecule has 0 fully saturated rings. The van der Waals surface area contributed by atoms with Gasteiger partial charge in [0.1, 0.15) is 5.75 Å². The van der Waals surface area contributed by atoms with Gasteiger partial charge in [-0.1, -0.05) is 64.5 Å². The minimum atomic E-state index is -3.86. The van der Waals surface area contributed by atoms with Gasteiger partial charge in [-0.2, -0.15) is 17.9 Å². The summed E-state index contributed by atoms with van der Waals surface area (Å²) in [4.78, 5) is 0.255. The number of sulfonamides is 1. The second kappa shape index (κ2) is 8.24. The highest BCUT2D eigenvalue weighted by Gasteiger charge is 2.39. The number of halogens is 1. The zero-order chi connectivity index (χ0) is 21.3. The number of benzene rings is 3. The van der Waals surface area contributed by atoms with Crippen LogP contribution in [-0.2, 0) is 10.0 Å². The zero-order valence-corrected chi connectivity index (χ0v) is 19.0. The van der Waals surface area contributed by atoms with Crippen LogP contribution in [0, 0.1) is 6.92 Å². The molecule has 5 nitrogen and oxygen atoms in total. The van der Waals surface area contributed by atoms with Crippen molar-refractivity contribution in [1.82, 2.24) is 4.41 Å². The maximum atomic E-state index is 13.6. The van der Waals surface area contributed by atoms with Crippen molar-refractivity contribution >= 4 is 31.7 Å². The predicted molar refractivity (Wildman–Crippen MR) is 121 cm³/mol. The van der Waals surface area contributed by atoms with E-state index >= 15 is 0 Å². The van der Waals surface area contributed by atoms with Crippen molar-refractivity contribution in [3.05, 3.63) is 94.0 Å². The summed E-state index contributed by atoms with van der Waals surface area (Å²) >= 11 is 3.44. The Morgan fingerprint density at radius 2 is 1.67 bits per heavy atom. The van der Waals surface area contributed by atoms with Crippen LogP contribution in [0.3, 0.4) is 0 Å². The van der Waals surface area contributed by atoms with Crippen LogP contribution in [0.5, 0.6) is 5.75 Å². The lowest BCUT2D eigenvalue weighted by atomic mass is 9.98. The summed E-state index contributed by atoms with van der Waals surface area (Å²) in [5, 5.41) is 4.60. The van der Waals surface area contributed by atoms with Crippen LogP contribution in [-0.4, -0.2) is 25.7 Å². The molecule has 1 aliphatic heterocycles. The lowest BCUT2D eigenvalue weighted by molar-refractivity contribution is 0.350. The molecule has 0 radical (unpaired) electrons. The maximum absolute atomic E-state index is 13.6. The van der Waals surface area contributed by atoms with Gasteiger partial charge in [-0.15, -0.1) is 0 Å². The van der Waals surface area contributed by atoms with Gasteiger partial charge in [0.05, 0.1) is 23.8 Å². The number of nitrogens with zero attached hydrogens (tertiary/aromatic N) is 2. The van der Waals surface area contributed by atoms with Crippen molar-refractivity contribution in [3.63, 3.8) is 0 Å². The fraction of sp³-hybridized carbons (Fsp3) is 0.174. The van der Waals surface area contributed by atoms with E-state index in [-0.39, 0.29) is 4.90 Å². The molecule has 0 spiro atoms. The number of methoxy groups -OCH3 is 1. The van der Waals surface area contributed by atoms with Gasteiger partial charge in [0.15, 0.2) is 0 Å². The highest BCUT2D eigenvalue weighted by molar-refractivity contribution is 9.10. The van der Waals surface area contributed by atoms with E-state index < -0.39 is 16.1 Å². The molecule has 154 valence electrons. The molecule has 3 aromatic carbocycles. The third-order valence-electron chi connectivity index (χ3n) is 5.17. The molecule has 30 heavy (non-hydrogen) atoms. The Balaban J connectivity index is 1.85. The largest absolute Gasteiger partial charge is 0.496 e. The normalized spacial score (nSPS) is 16.4. The van der Waals surface area contributed by atoms with Crippen molar-refractivity contribution in [2.24, 2.45) is 5.10 Å². The maximum Gasteiger partial charge on any atom is 0.279 e. The first-order valence-electron chi connectivity index (χ1n) is 9.48. The third-order valence-corrected chi connectivity index (χ3v) is 7.54. The monoisotopic (exact) mass is 484 g/mol.